The normalized spacial score (nSPS) is 14.0. The topological polar surface area (TPSA) is 41.6 Å². The summed E-state index contributed by atoms with van der Waals surface area (Å²) in [7, 11) is 0. The van der Waals surface area contributed by atoms with E-state index in [0.29, 0.717) is 19.4 Å². The van der Waals surface area contributed by atoms with Crippen LogP contribution in [0.4, 0.5) is 11.4 Å². The van der Waals surface area contributed by atoms with E-state index in [-0.39, 0.29) is 5.91 Å². The third-order valence-electron chi connectivity index (χ3n) is 5.10. The Bertz CT molecular complexity index is 776. The van der Waals surface area contributed by atoms with Gasteiger partial charge in [-0.3, -0.25) is 4.79 Å². The fraction of sp³-hybridized carbons (Fsp3) is 0.435. The minimum absolute atomic E-state index is 0.0118. The number of aryl methyl sites for hydroxylation is 2. The molecule has 1 aliphatic heterocycles. The van der Waals surface area contributed by atoms with Crippen molar-refractivity contribution in [1.29, 1.82) is 0 Å². The van der Waals surface area contributed by atoms with Crippen molar-refractivity contribution in [1.82, 2.24) is 0 Å². The van der Waals surface area contributed by atoms with Crippen LogP contribution in [0.2, 0.25) is 5.02 Å². The Balaban J connectivity index is 1.40. The van der Waals surface area contributed by atoms with E-state index >= 15 is 0 Å². The molecule has 150 valence electrons. The van der Waals surface area contributed by atoms with Gasteiger partial charge in [0.2, 0.25) is 5.91 Å². The lowest BCUT2D eigenvalue weighted by Crippen LogP contribution is -2.29. The highest BCUT2D eigenvalue weighted by atomic mass is 35.5. The molecule has 5 heteroatoms. The molecule has 0 radical (unpaired) electrons. The fourth-order valence-corrected chi connectivity index (χ4v) is 3.65. The second kappa shape index (κ2) is 9.83. The minimum Gasteiger partial charge on any atom is -0.494 e. The summed E-state index contributed by atoms with van der Waals surface area (Å²) in [5.41, 5.74) is 4.08. The number of halogens is 1. The Morgan fingerprint density at radius 3 is 2.36 bits per heavy atom. The summed E-state index contributed by atoms with van der Waals surface area (Å²) in [4.78, 5) is 14.6. The van der Waals surface area contributed by atoms with Crippen molar-refractivity contribution in [2.45, 2.75) is 46.0 Å². The van der Waals surface area contributed by atoms with E-state index in [4.69, 9.17) is 16.3 Å². The molecule has 0 unspecified atom stereocenters. The van der Waals surface area contributed by atoms with Gasteiger partial charge in [-0.15, -0.1) is 0 Å². The molecule has 0 aromatic heterocycles. The molecule has 0 atom stereocenters. The molecule has 1 saturated heterocycles. The predicted molar refractivity (Wildman–Crippen MR) is 117 cm³/mol. The molecule has 4 nitrogen and oxygen atoms in total. The molecule has 28 heavy (non-hydrogen) atoms. The van der Waals surface area contributed by atoms with E-state index in [0.717, 1.165) is 40.7 Å². The third-order valence-corrected chi connectivity index (χ3v) is 5.70. The second-order valence-electron chi connectivity index (χ2n) is 7.47. The van der Waals surface area contributed by atoms with Crippen LogP contribution in [0, 0.1) is 13.8 Å². The van der Waals surface area contributed by atoms with Gasteiger partial charge in [0.25, 0.3) is 0 Å². The van der Waals surface area contributed by atoms with Gasteiger partial charge < -0.3 is 15.0 Å². The smallest absolute Gasteiger partial charge is 0.224 e. The standard InChI is InChI=1S/C23H29ClN2O2/c1-17-15-21(16-18(2)23(17)24)28-14-6-7-22(27)25-19-8-10-20(11-9-19)26-12-4-3-5-13-26/h8-11,15-16H,3-7,12-14H2,1-2H3,(H,25,27). The van der Waals surface area contributed by atoms with Crippen molar-refractivity contribution in [2.75, 3.05) is 29.9 Å². The predicted octanol–water partition coefficient (Wildman–Crippen LogP) is 5.74. The molecule has 3 rings (SSSR count). The van der Waals surface area contributed by atoms with E-state index in [1.165, 1.54) is 24.9 Å². The Morgan fingerprint density at radius 2 is 1.71 bits per heavy atom. The summed E-state index contributed by atoms with van der Waals surface area (Å²) in [6, 6.07) is 12.0. The number of ether oxygens (including phenoxy) is 1. The van der Waals surface area contributed by atoms with Crippen LogP contribution in [0.15, 0.2) is 36.4 Å². The number of carbonyl (C=O) groups is 1. The maximum Gasteiger partial charge on any atom is 0.224 e. The maximum atomic E-state index is 12.2. The highest BCUT2D eigenvalue weighted by molar-refractivity contribution is 6.32. The van der Waals surface area contributed by atoms with Gasteiger partial charge in [0, 0.05) is 35.9 Å². The zero-order valence-electron chi connectivity index (χ0n) is 16.8. The van der Waals surface area contributed by atoms with Crippen LogP contribution in [-0.2, 0) is 4.79 Å². The first-order valence-electron chi connectivity index (χ1n) is 10.1. The van der Waals surface area contributed by atoms with Crippen LogP contribution in [-0.4, -0.2) is 25.6 Å². The molecule has 2 aromatic carbocycles. The molecule has 1 heterocycles. The number of nitrogens with zero attached hydrogens (tertiary/aromatic N) is 1. The minimum atomic E-state index is 0.0118. The highest BCUT2D eigenvalue weighted by Gasteiger charge is 2.11. The van der Waals surface area contributed by atoms with Crippen molar-refractivity contribution in [3.63, 3.8) is 0 Å². The lowest BCUT2D eigenvalue weighted by Gasteiger charge is -2.28. The van der Waals surface area contributed by atoms with Crippen LogP contribution < -0.4 is 15.0 Å². The zero-order valence-corrected chi connectivity index (χ0v) is 17.5. The van der Waals surface area contributed by atoms with Crippen LogP contribution in [0.25, 0.3) is 0 Å². The lowest BCUT2D eigenvalue weighted by atomic mass is 10.1. The molecule has 1 fully saturated rings. The van der Waals surface area contributed by atoms with Crippen molar-refractivity contribution < 1.29 is 9.53 Å². The van der Waals surface area contributed by atoms with Crippen molar-refractivity contribution in [2.24, 2.45) is 0 Å². The number of hydrogen-bond donors (Lipinski definition) is 1. The summed E-state index contributed by atoms with van der Waals surface area (Å²) in [6.45, 7) is 6.68. The first-order chi connectivity index (χ1) is 13.5. The second-order valence-corrected chi connectivity index (χ2v) is 7.84. The van der Waals surface area contributed by atoms with Crippen LogP contribution in [0.1, 0.15) is 43.2 Å². The number of nitrogens with one attached hydrogen (secondary N) is 1. The quantitative estimate of drug-likeness (QED) is 0.602. The number of anilines is 2. The molecule has 1 aliphatic rings. The zero-order chi connectivity index (χ0) is 19.9. The molecule has 0 spiro atoms. The van der Waals surface area contributed by atoms with Gasteiger partial charge in [-0.1, -0.05) is 11.6 Å². The summed E-state index contributed by atoms with van der Waals surface area (Å²) >= 11 is 6.17. The van der Waals surface area contributed by atoms with Gasteiger partial charge in [0.05, 0.1) is 6.61 Å². The number of amides is 1. The molecular weight excluding hydrogens is 372 g/mol. The van der Waals surface area contributed by atoms with E-state index in [9.17, 15) is 4.79 Å². The lowest BCUT2D eigenvalue weighted by molar-refractivity contribution is -0.116. The number of hydrogen-bond acceptors (Lipinski definition) is 3. The van der Waals surface area contributed by atoms with Crippen LogP contribution >= 0.6 is 11.6 Å². The Kier molecular flexibility index (Phi) is 7.21. The average molecular weight is 401 g/mol. The van der Waals surface area contributed by atoms with Crippen LogP contribution in [0.3, 0.4) is 0 Å². The number of carbonyl (C=O) groups excluding carboxylic acids is 1. The molecule has 0 aliphatic carbocycles. The monoisotopic (exact) mass is 400 g/mol. The number of piperidine rings is 1. The van der Waals surface area contributed by atoms with E-state index in [1.807, 2.05) is 38.1 Å². The highest BCUT2D eigenvalue weighted by Crippen LogP contribution is 2.26. The van der Waals surface area contributed by atoms with Crippen molar-refractivity contribution in [3.8, 4) is 5.75 Å². The van der Waals surface area contributed by atoms with E-state index in [1.54, 1.807) is 0 Å². The van der Waals surface area contributed by atoms with Gasteiger partial charge in [0.15, 0.2) is 0 Å². The Hall–Kier alpha value is -2.20. The number of rotatable bonds is 7. The van der Waals surface area contributed by atoms with Crippen LogP contribution in [0.5, 0.6) is 5.75 Å². The Labute approximate surface area is 172 Å². The first-order valence-corrected chi connectivity index (χ1v) is 10.4. The summed E-state index contributed by atoms with van der Waals surface area (Å²) < 4.78 is 5.76. The SMILES string of the molecule is Cc1cc(OCCCC(=O)Nc2ccc(N3CCCCC3)cc2)cc(C)c1Cl. The maximum absolute atomic E-state index is 12.2. The van der Waals surface area contributed by atoms with E-state index in [2.05, 4.69) is 22.3 Å². The van der Waals surface area contributed by atoms with Gasteiger partial charge >= 0.3 is 0 Å². The Morgan fingerprint density at radius 1 is 1.07 bits per heavy atom. The first kappa shape index (κ1) is 20.5. The molecule has 1 N–H and O–H groups in total. The summed E-state index contributed by atoms with van der Waals surface area (Å²) in [5, 5.41) is 3.74. The summed E-state index contributed by atoms with van der Waals surface area (Å²) in [6.07, 6.45) is 4.94. The van der Waals surface area contributed by atoms with Gasteiger partial charge in [-0.25, -0.2) is 0 Å². The molecule has 0 bridgehead atoms. The van der Waals surface area contributed by atoms with E-state index < -0.39 is 0 Å². The van der Waals surface area contributed by atoms with Gasteiger partial charge in [-0.05, 0) is 87.1 Å². The van der Waals surface area contributed by atoms with Crippen molar-refractivity contribution in [3.05, 3.63) is 52.5 Å². The molecule has 0 saturated carbocycles. The molecule has 2 aromatic rings. The summed E-state index contributed by atoms with van der Waals surface area (Å²) in [5.74, 6) is 0.811. The van der Waals surface area contributed by atoms with Crippen molar-refractivity contribution >= 4 is 28.9 Å². The molecule has 1 amide bonds. The molecular formula is C23H29ClN2O2. The average Bonchev–Trinajstić information content (AvgIpc) is 2.70. The fourth-order valence-electron chi connectivity index (χ4n) is 3.54. The van der Waals surface area contributed by atoms with Gasteiger partial charge in [-0.2, -0.15) is 0 Å². The largest absolute Gasteiger partial charge is 0.494 e. The van der Waals surface area contributed by atoms with Gasteiger partial charge in [0.1, 0.15) is 5.75 Å². The number of benzene rings is 2. The third kappa shape index (κ3) is 5.65.